The Balaban J connectivity index is 1.54. The maximum absolute atomic E-state index is 12.8. The van der Waals surface area contributed by atoms with E-state index in [0.29, 0.717) is 21.2 Å². The molecule has 0 spiro atoms. The van der Waals surface area contributed by atoms with Crippen molar-refractivity contribution < 1.29 is 26.7 Å². The number of nitrogens with zero attached hydrogens (tertiary/aromatic N) is 5. The van der Waals surface area contributed by atoms with Crippen LogP contribution < -0.4 is 0 Å². The average molecular weight is 496 g/mol. The molecule has 0 fully saturated rings. The highest BCUT2D eigenvalue weighted by atomic mass is 35.5. The summed E-state index contributed by atoms with van der Waals surface area (Å²) in [6.07, 6.45) is -0.719. The van der Waals surface area contributed by atoms with Crippen LogP contribution in [0, 0.1) is 0 Å². The van der Waals surface area contributed by atoms with Gasteiger partial charge in [0, 0.05) is 27.9 Å². The number of amides is 1. The SMILES string of the molecule is CS(=O)(=NC(=O)c1cnn(-c2ccc(-c3noc(C(F)(F)F)n3)cc2)c1)c1ccc(Cl)cc1. The molecular formula is C20H13ClF3N5O3S. The van der Waals surface area contributed by atoms with Crippen molar-refractivity contribution in [3.8, 4) is 17.1 Å². The van der Waals surface area contributed by atoms with Gasteiger partial charge in [-0.05, 0) is 48.5 Å². The van der Waals surface area contributed by atoms with Crippen LogP contribution in [0.3, 0.4) is 0 Å². The fourth-order valence-corrected chi connectivity index (χ4v) is 4.04. The Morgan fingerprint density at radius 2 is 1.79 bits per heavy atom. The number of benzene rings is 2. The summed E-state index contributed by atoms with van der Waals surface area (Å²) in [6, 6.07) is 12.2. The largest absolute Gasteiger partial charge is 0.471 e. The summed E-state index contributed by atoms with van der Waals surface area (Å²) in [6.45, 7) is 0. The number of hydrogen-bond donors (Lipinski definition) is 0. The van der Waals surface area contributed by atoms with Gasteiger partial charge >= 0.3 is 12.1 Å². The smallest absolute Gasteiger partial charge is 0.329 e. The number of halogens is 4. The summed E-state index contributed by atoms with van der Waals surface area (Å²) in [4.78, 5) is 16.2. The van der Waals surface area contributed by atoms with Crippen LogP contribution in [0.4, 0.5) is 13.2 Å². The van der Waals surface area contributed by atoms with Crippen molar-refractivity contribution in [1.82, 2.24) is 19.9 Å². The molecule has 170 valence electrons. The molecule has 1 atom stereocenters. The zero-order valence-electron chi connectivity index (χ0n) is 16.7. The van der Waals surface area contributed by atoms with Gasteiger partial charge in [-0.3, -0.25) is 4.79 Å². The van der Waals surface area contributed by atoms with E-state index in [2.05, 4.69) is 24.1 Å². The molecule has 4 aromatic rings. The molecule has 8 nitrogen and oxygen atoms in total. The van der Waals surface area contributed by atoms with Crippen molar-refractivity contribution in [3.05, 3.63) is 77.4 Å². The van der Waals surface area contributed by atoms with Crippen LogP contribution in [-0.4, -0.2) is 36.3 Å². The maximum atomic E-state index is 12.8. The molecule has 4 rings (SSSR count). The van der Waals surface area contributed by atoms with Crippen LogP contribution in [-0.2, 0) is 15.9 Å². The molecule has 2 aromatic heterocycles. The summed E-state index contributed by atoms with van der Waals surface area (Å²) >= 11 is 5.83. The van der Waals surface area contributed by atoms with Gasteiger partial charge in [0.1, 0.15) is 0 Å². The predicted molar refractivity (Wildman–Crippen MR) is 112 cm³/mol. The highest BCUT2D eigenvalue weighted by molar-refractivity contribution is 7.93. The molecule has 0 saturated carbocycles. The number of carbonyl (C=O) groups excluding carboxylic acids is 1. The quantitative estimate of drug-likeness (QED) is 0.399. The maximum Gasteiger partial charge on any atom is 0.471 e. The number of hydrogen-bond acceptors (Lipinski definition) is 6. The van der Waals surface area contributed by atoms with E-state index in [9.17, 15) is 22.2 Å². The Kier molecular flexibility index (Phi) is 5.80. The zero-order chi connectivity index (χ0) is 23.8. The van der Waals surface area contributed by atoms with Gasteiger partial charge in [-0.2, -0.15) is 27.6 Å². The second-order valence-corrected chi connectivity index (χ2v) is 9.49. The average Bonchev–Trinajstić information content (AvgIpc) is 3.44. The molecular weight excluding hydrogens is 483 g/mol. The topological polar surface area (TPSA) is 103 Å². The predicted octanol–water partition coefficient (Wildman–Crippen LogP) is 4.89. The van der Waals surface area contributed by atoms with Gasteiger partial charge in [0.05, 0.1) is 27.2 Å². The zero-order valence-corrected chi connectivity index (χ0v) is 18.2. The third kappa shape index (κ3) is 4.96. The molecule has 0 bridgehead atoms. The minimum Gasteiger partial charge on any atom is -0.329 e. The number of alkyl halides is 3. The molecule has 2 heterocycles. The van der Waals surface area contributed by atoms with Crippen LogP contribution in [0.1, 0.15) is 16.2 Å². The highest BCUT2D eigenvalue weighted by Gasteiger charge is 2.38. The third-order valence-corrected chi connectivity index (χ3v) is 6.31. The summed E-state index contributed by atoms with van der Waals surface area (Å²) in [5.74, 6) is -2.37. The highest BCUT2D eigenvalue weighted by Crippen LogP contribution is 2.29. The molecule has 2 aromatic carbocycles. The van der Waals surface area contributed by atoms with Crippen molar-refractivity contribution in [1.29, 1.82) is 0 Å². The lowest BCUT2D eigenvalue weighted by Crippen LogP contribution is -2.04. The van der Waals surface area contributed by atoms with E-state index in [1.807, 2.05) is 0 Å². The van der Waals surface area contributed by atoms with Crippen LogP contribution in [0.5, 0.6) is 0 Å². The lowest BCUT2D eigenvalue weighted by atomic mass is 10.2. The Morgan fingerprint density at radius 1 is 1.12 bits per heavy atom. The molecule has 0 radical (unpaired) electrons. The van der Waals surface area contributed by atoms with E-state index >= 15 is 0 Å². The first-order valence-corrected chi connectivity index (χ1v) is 11.4. The molecule has 1 amide bonds. The van der Waals surface area contributed by atoms with Gasteiger partial charge in [0.2, 0.25) is 5.82 Å². The normalized spacial score (nSPS) is 13.5. The van der Waals surface area contributed by atoms with Crippen LogP contribution in [0.25, 0.3) is 17.1 Å². The number of rotatable bonds is 4. The number of carbonyl (C=O) groups is 1. The minimum atomic E-state index is -4.73. The van der Waals surface area contributed by atoms with Crippen molar-refractivity contribution in [2.75, 3.05) is 6.26 Å². The summed E-state index contributed by atoms with van der Waals surface area (Å²) < 4.78 is 60.1. The van der Waals surface area contributed by atoms with E-state index in [1.54, 1.807) is 24.3 Å². The fraction of sp³-hybridized carbons (Fsp3) is 0.100. The standard InChI is InChI=1S/C20H13ClF3N5O3S/c1-33(31,16-8-4-14(21)5-9-16)28-18(30)13-10-25-29(11-13)15-6-2-12(3-7-15)17-26-19(32-27-17)20(22,23)24/h2-11H,1H3. The lowest BCUT2D eigenvalue weighted by molar-refractivity contribution is -0.159. The summed E-state index contributed by atoms with van der Waals surface area (Å²) in [7, 11) is -3.00. The van der Waals surface area contributed by atoms with Crippen molar-refractivity contribution >= 4 is 27.2 Å². The van der Waals surface area contributed by atoms with Gasteiger partial charge in [-0.1, -0.05) is 16.8 Å². The van der Waals surface area contributed by atoms with Crippen LogP contribution >= 0.6 is 11.6 Å². The summed E-state index contributed by atoms with van der Waals surface area (Å²) in [5, 5.41) is 7.88. The van der Waals surface area contributed by atoms with E-state index in [4.69, 9.17) is 11.6 Å². The second-order valence-electron chi connectivity index (χ2n) is 6.79. The van der Waals surface area contributed by atoms with Crippen molar-refractivity contribution in [2.45, 2.75) is 11.1 Å². The first-order chi connectivity index (χ1) is 15.5. The van der Waals surface area contributed by atoms with Gasteiger partial charge in [-0.15, -0.1) is 0 Å². The van der Waals surface area contributed by atoms with Gasteiger partial charge in [0.15, 0.2) is 0 Å². The summed E-state index contributed by atoms with van der Waals surface area (Å²) in [5.41, 5.74) is 0.910. The van der Waals surface area contributed by atoms with Gasteiger partial charge < -0.3 is 4.52 Å². The van der Waals surface area contributed by atoms with E-state index < -0.39 is 27.7 Å². The Bertz CT molecular complexity index is 1440. The fourth-order valence-electron chi connectivity index (χ4n) is 2.74. The molecule has 0 aliphatic heterocycles. The van der Waals surface area contributed by atoms with Crippen molar-refractivity contribution in [3.63, 3.8) is 0 Å². The van der Waals surface area contributed by atoms with Crippen molar-refractivity contribution in [2.24, 2.45) is 4.36 Å². The Morgan fingerprint density at radius 3 is 2.39 bits per heavy atom. The first kappa shape index (κ1) is 22.7. The van der Waals surface area contributed by atoms with E-state index in [-0.39, 0.29) is 11.4 Å². The van der Waals surface area contributed by atoms with Gasteiger partial charge in [0.25, 0.3) is 5.91 Å². The monoisotopic (exact) mass is 495 g/mol. The third-order valence-electron chi connectivity index (χ3n) is 4.40. The molecule has 0 aliphatic carbocycles. The molecule has 0 aliphatic rings. The van der Waals surface area contributed by atoms with E-state index in [1.165, 1.54) is 47.6 Å². The molecule has 33 heavy (non-hydrogen) atoms. The lowest BCUT2D eigenvalue weighted by Gasteiger charge is -2.03. The second kappa shape index (κ2) is 8.45. The first-order valence-electron chi connectivity index (χ1n) is 9.11. The molecule has 1 unspecified atom stereocenters. The van der Waals surface area contributed by atoms with Crippen LogP contribution in [0.2, 0.25) is 5.02 Å². The van der Waals surface area contributed by atoms with E-state index in [0.717, 1.165) is 0 Å². The molecule has 0 N–H and O–H groups in total. The number of aromatic nitrogens is 4. The Labute approximate surface area is 190 Å². The molecule has 13 heteroatoms. The van der Waals surface area contributed by atoms with Crippen LogP contribution in [0.15, 0.2) is 74.7 Å². The van der Waals surface area contributed by atoms with Gasteiger partial charge in [-0.25, -0.2) is 8.89 Å². The Hall–Kier alpha value is -3.51. The molecule has 0 saturated heterocycles. The minimum absolute atomic E-state index is 0.107.